The number of aromatic nitrogens is 3. The summed E-state index contributed by atoms with van der Waals surface area (Å²) in [6.07, 6.45) is -3.51. The van der Waals surface area contributed by atoms with Crippen molar-refractivity contribution >= 4 is 38.7 Å². The van der Waals surface area contributed by atoms with Crippen LogP contribution < -0.4 is 10.5 Å². The molecule has 4 aromatic heterocycles. The molecule has 0 radical (unpaired) electrons. The van der Waals surface area contributed by atoms with Crippen molar-refractivity contribution in [2.24, 2.45) is 0 Å². The van der Waals surface area contributed by atoms with Gasteiger partial charge in [-0.2, -0.15) is 13.2 Å². The summed E-state index contributed by atoms with van der Waals surface area (Å²) in [7, 11) is 0. The lowest BCUT2D eigenvalue weighted by atomic mass is 10.2. The number of halogens is 3. The van der Waals surface area contributed by atoms with E-state index in [0.29, 0.717) is 49.8 Å². The van der Waals surface area contributed by atoms with Gasteiger partial charge in [-0.25, -0.2) is 9.97 Å². The first kappa shape index (κ1) is 21.1. The second kappa shape index (κ2) is 8.30. The number of pyridine rings is 1. The zero-order valence-corrected chi connectivity index (χ0v) is 18.4. The molecule has 0 unspecified atom stereocenters. The molecule has 32 heavy (non-hydrogen) atoms. The maximum absolute atomic E-state index is 12.8. The maximum Gasteiger partial charge on any atom is 0.417 e. The Bertz CT molecular complexity index is 1270. The molecular formula is C21H18F3N5OS2. The second-order valence-corrected chi connectivity index (χ2v) is 9.29. The number of anilines is 1. The minimum Gasteiger partial charge on any atom is -0.354 e. The first-order valence-electron chi connectivity index (χ1n) is 9.93. The lowest BCUT2D eigenvalue weighted by Gasteiger charge is -2.35. The molecule has 0 aliphatic carbocycles. The number of fused-ring (bicyclic) bond motifs is 1. The highest BCUT2D eigenvalue weighted by Crippen LogP contribution is 2.33. The van der Waals surface area contributed by atoms with Crippen molar-refractivity contribution in [1.82, 2.24) is 19.9 Å². The minimum absolute atomic E-state index is 0.137. The fourth-order valence-electron chi connectivity index (χ4n) is 3.77. The number of hydrogen-bond donors (Lipinski definition) is 1. The molecule has 1 fully saturated rings. The first-order chi connectivity index (χ1) is 15.4. The Morgan fingerprint density at radius 3 is 2.56 bits per heavy atom. The van der Waals surface area contributed by atoms with Crippen molar-refractivity contribution in [1.29, 1.82) is 0 Å². The number of thiophene rings is 2. The van der Waals surface area contributed by atoms with Crippen LogP contribution in [0.15, 0.2) is 46.0 Å². The van der Waals surface area contributed by atoms with Crippen molar-refractivity contribution in [3.8, 4) is 10.4 Å². The number of alkyl halides is 3. The molecule has 0 spiro atoms. The van der Waals surface area contributed by atoms with Crippen LogP contribution in [-0.4, -0.2) is 46.0 Å². The summed E-state index contributed by atoms with van der Waals surface area (Å²) in [5.41, 5.74) is 0.0290. The number of H-pyrrole nitrogens is 1. The van der Waals surface area contributed by atoms with Gasteiger partial charge in [0.2, 0.25) is 0 Å². The van der Waals surface area contributed by atoms with Gasteiger partial charge in [-0.1, -0.05) is 6.07 Å². The minimum atomic E-state index is -4.39. The molecule has 1 aliphatic heterocycles. The summed E-state index contributed by atoms with van der Waals surface area (Å²) in [6.45, 7) is 3.15. The van der Waals surface area contributed by atoms with Crippen molar-refractivity contribution in [3.63, 3.8) is 0 Å². The van der Waals surface area contributed by atoms with Crippen LogP contribution in [0.3, 0.4) is 0 Å². The monoisotopic (exact) mass is 477 g/mol. The SMILES string of the molecule is O=c1[nH]c(CN2CCN(c3ccc(C(F)(F)F)cn3)CC2)nc2scc(-c3cccs3)c12. The van der Waals surface area contributed by atoms with Crippen LogP contribution in [0.4, 0.5) is 19.0 Å². The largest absolute Gasteiger partial charge is 0.417 e. The lowest BCUT2D eigenvalue weighted by Crippen LogP contribution is -2.46. The average Bonchev–Trinajstić information content (AvgIpc) is 3.44. The Labute approximate surface area is 189 Å². The van der Waals surface area contributed by atoms with Gasteiger partial charge in [0, 0.05) is 48.2 Å². The molecule has 0 atom stereocenters. The number of hydrogen-bond acceptors (Lipinski definition) is 7. The number of nitrogens with one attached hydrogen (secondary N) is 1. The van der Waals surface area contributed by atoms with E-state index in [1.807, 2.05) is 27.8 Å². The highest BCUT2D eigenvalue weighted by Gasteiger charge is 2.31. The molecule has 6 nitrogen and oxygen atoms in total. The highest BCUT2D eigenvalue weighted by atomic mass is 32.1. The zero-order valence-electron chi connectivity index (χ0n) is 16.7. The molecular weight excluding hydrogens is 459 g/mol. The summed E-state index contributed by atoms with van der Waals surface area (Å²) in [5.74, 6) is 1.15. The van der Waals surface area contributed by atoms with Crippen LogP contribution in [0.5, 0.6) is 0 Å². The molecule has 166 valence electrons. The van der Waals surface area contributed by atoms with Crippen molar-refractivity contribution in [2.45, 2.75) is 12.7 Å². The molecule has 4 aromatic rings. The zero-order chi connectivity index (χ0) is 22.3. The van der Waals surface area contributed by atoms with Crippen LogP contribution in [0.2, 0.25) is 0 Å². The Hall–Kier alpha value is -2.76. The van der Waals surface area contributed by atoms with E-state index >= 15 is 0 Å². The summed E-state index contributed by atoms with van der Waals surface area (Å²) < 4.78 is 38.2. The Morgan fingerprint density at radius 2 is 1.91 bits per heavy atom. The van der Waals surface area contributed by atoms with Crippen molar-refractivity contribution in [2.75, 3.05) is 31.1 Å². The van der Waals surface area contributed by atoms with E-state index in [2.05, 4.69) is 19.9 Å². The highest BCUT2D eigenvalue weighted by molar-refractivity contribution is 7.18. The third-order valence-electron chi connectivity index (χ3n) is 5.42. The van der Waals surface area contributed by atoms with Crippen molar-refractivity contribution < 1.29 is 13.2 Å². The number of aromatic amines is 1. The van der Waals surface area contributed by atoms with E-state index in [1.54, 1.807) is 11.3 Å². The molecule has 1 saturated heterocycles. The maximum atomic E-state index is 12.8. The summed E-state index contributed by atoms with van der Waals surface area (Å²) in [5, 5.41) is 4.58. The fourth-order valence-corrected chi connectivity index (χ4v) is 5.55. The van der Waals surface area contributed by atoms with E-state index in [1.165, 1.54) is 17.4 Å². The molecule has 0 bridgehead atoms. The predicted molar refractivity (Wildman–Crippen MR) is 120 cm³/mol. The van der Waals surface area contributed by atoms with Gasteiger partial charge in [0.15, 0.2) is 0 Å². The van der Waals surface area contributed by atoms with Gasteiger partial charge in [0.05, 0.1) is 17.5 Å². The lowest BCUT2D eigenvalue weighted by molar-refractivity contribution is -0.137. The summed E-state index contributed by atoms with van der Waals surface area (Å²) >= 11 is 3.05. The van der Waals surface area contributed by atoms with E-state index in [0.717, 1.165) is 27.5 Å². The van der Waals surface area contributed by atoms with Crippen LogP contribution in [0, 0.1) is 0 Å². The van der Waals surface area contributed by atoms with Gasteiger partial charge >= 0.3 is 6.18 Å². The average molecular weight is 478 g/mol. The summed E-state index contributed by atoms with van der Waals surface area (Å²) in [6, 6.07) is 6.42. The molecule has 5 heterocycles. The van der Waals surface area contributed by atoms with Gasteiger partial charge in [-0.15, -0.1) is 22.7 Å². The normalized spacial score (nSPS) is 15.5. The third-order valence-corrected chi connectivity index (χ3v) is 7.20. The number of piperazine rings is 1. The van der Waals surface area contributed by atoms with E-state index in [-0.39, 0.29) is 5.56 Å². The third kappa shape index (κ3) is 4.15. The van der Waals surface area contributed by atoms with Gasteiger partial charge < -0.3 is 9.88 Å². The van der Waals surface area contributed by atoms with Crippen LogP contribution in [0.25, 0.3) is 20.7 Å². The molecule has 0 saturated carbocycles. The quantitative estimate of drug-likeness (QED) is 0.471. The predicted octanol–water partition coefficient (Wildman–Crippen LogP) is 4.45. The Balaban J connectivity index is 1.26. The molecule has 1 N–H and O–H groups in total. The van der Waals surface area contributed by atoms with Crippen molar-refractivity contribution in [3.05, 3.63) is 63.0 Å². The van der Waals surface area contributed by atoms with Crippen LogP contribution in [-0.2, 0) is 12.7 Å². The van der Waals surface area contributed by atoms with Gasteiger partial charge in [0.25, 0.3) is 5.56 Å². The standard InChI is InChI=1S/C21H18F3N5OS2/c22-21(23,24)13-3-4-17(25-10-13)29-7-5-28(6-8-29)11-16-26-19(30)18-14(12-32-20(18)27-16)15-2-1-9-31-15/h1-4,9-10,12H,5-8,11H2,(H,26,27,30). The van der Waals surface area contributed by atoms with Gasteiger partial charge in [0.1, 0.15) is 16.5 Å². The van der Waals surface area contributed by atoms with Crippen LogP contribution in [0.1, 0.15) is 11.4 Å². The molecule has 11 heteroatoms. The Morgan fingerprint density at radius 1 is 1.09 bits per heavy atom. The topological polar surface area (TPSA) is 65.1 Å². The molecule has 0 aromatic carbocycles. The second-order valence-electron chi connectivity index (χ2n) is 7.49. The van der Waals surface area contributed by atoms with E-state index in [9.17, 15) is 18.0 Å². The molecule has 1 aliphatic rings. The summed E-state index contributed by atoms with van der Waals surface area (Å²) in [4.78, 5) is 30.2. The molecule has 0 amide bonds. The number of rotatable bonds is 4. The first-order valence-corrected chi connectivity index (χ1v) is 11.7. The van der Waals surface area contributed by atoms with Gasteiger partial charge in [-0.05, 0) is 23.6 Å². The molecule has 5 rings (SSSR count). The van der Waals surface area contributed by atoms with Gasteiger partial charge in [-0.3, -0.25) is 9.69 Å². The van der Waals surface area contributed by atoms with E-state index < -0.39 is 11.7 Å². The Kier molecular flexibility index (Phi) is 5.48. The smallest absolute Gasteiger partial charge is 0.354 e. The van der Waals surface area contributed by atoms with E-state index in [4.69, 9.17) is 0 Å². The van der Waals surface area contributed by atoms with Crippen LogP contribution >= 0.6 is 22.7 Å². The fraction of sp³-hybridized carbons (Fsp3) is 0.286. The number of nitrogens with zero attached hydrogens (tertiary/aromatic N) is 4.